The number of amides is 5. The Balaban J connectivity index is 1.34. The Morgan fingerprint density at radius 2 is 1.83 bits per heavy atom. The Bertz CT molecular complexity index is 1460. The Kier molecular flexibility index (Phi) is 7.75. The molecule has 3 heterocycles. The Morgan fingerprint density at radius 3 is 2.56 bits per heavy atom. The Labute approximate surface area is 239 Å². The summed E-state index contributed by atoms with van der Waals surface area (Å²) >= 11 is 0. The van der Waals surface area contributed by atoms with Crippen LogP contribution in [0.1, 0.15) is 51.2 Å². The predicted octanol–water partition coefficient (Wildman–Crippen LogP) is 4.42. The molecule has 0 spiro atoms. The minimum atomic E-state index is -0.932. The number of anilines is 1. The first-order chi connectivity index (χ1) is 19.5. The lowest BCUT2D eigenvalue weighted by molar-refractivity contribution is -0.126. The quantitative estimate of drug-likeness (QED) is 0.413. The monoisotopic (exact) mass is 559 g/mol. The van der Waals surface area contributed by atoms with Crippen molar-refractivity contribution in [3.05, 3.63) is 65.9 Å². The first kappa shape index (κ1) is 28.2. The van der Waals surface area contributed by atoms with E-state index in [9.17, 15) is 19.2 Å². The molecule has 0 aliphatic carbocycles. The molecule has 216 valence electrons. The largest absolute Gasteiger partial charge is 0.444 e. The third kappa shape index (κ3) is 6.21. The summed E-state index contributed by atoms with van der Waals surface area (Å²) < 4.78 is 5.45. The van der Waals surface area contributed by atoms with E-state index >= 15 is 0 Å². The minimum Gasteiger partial charge on any atom is -0.444 e. The number of aromatic amines is 1. The van der Waals surface area contributed by atoms with Crippen molar-refractivity contribution in [3.8, 4) is 0 Å². The molecule has 2 saturated heterocycles. The molecule has 3 N–H and O–H groups in total. The van der Waals surface area contributed by atoms with E-state index in [1.54, 1.807) is 37.8 Å². The first-order valence-electron chi connectivity index (χ1n) is 14.1. The van der Waals surface area contributed by atoms with E-state index in [2.05, 4.69) is 15.6 Å². The number of urea groups is 1. The number of hydrogen-bond donors (Lipinski definition) is 3. The highest BCUT2D eigenvalue weighted by atomic mass is 16.6. The van der Waals surface area contributed by atoms with Crippen LogP contribution in [0.5, 0.6) is 0 Å². The van der Waals surface area contributed by atoms with Gasteiger partial charge >= 0.3 is 12.1 Å². The van der Waals surface area contributed by atoms with Crippen LogP contribution in [0.3, 0.4) is 0 Å². The van der Waals surface area contributed by atoms with Gasteiger partial charge in [-0.15, -0.1) is 0 Å². The lowest BCUT2D eigenvalue weighted by atomic mass is 9.91. The van der Waals surface area contributed by atoms with Gasteiger partial charge in [-0.3, -0.25) is 9.59 Å². The van der Waals surface area contributed by atoms with Crippen LogP contribution >= 0.6 is 0 Å². The maximum atomic E-state index is 13.7. The van der Waals surface area contributed by atoms with Crippen LogP contribution in [0.2, 0.25) is 0 Å². The van der Waals surface area contributed by atoms with Gasteiger partial charge in [0, 0.05) is 36.1 Å². The van der Waals surface area contributed by atoms with Crippen molar-refractivity contribution in [1.29, 1.82) is 0 Å². The second kappa shape index (κ2) is 11.3. The van der Waals surface area contributed by atoms with Gasteiger partial charge in [-0.25, -0.2) is 14.5 Å². The molecule has 5 rings (SSSR count). The molecule has 2 fully saturated rings. The molecule has 1 aromatic heterocycles. The van der Waals surface area contributed by atoms with Crippen molar-refractivity contribution in [1.82, 2.24) is 20.5 Å². The van der Waals surface area contributed by atoms with Gasteiger partial charge < -0.3 is 25.3 Å². The molecule has 3 atom stereocenters. The summed E-state index contributed by atoms with van der Waals surface area (Å²) in [6.45, 7) is 7.72. The number of carbonyl (C=O) groups is 4. The van der Waals surface area contributed by atoms with E-state index < -0.39 is 35.7 Å². The third-order valence-electron chi connectivity index (χ3n) is 7.58. The molecular weight excluding hydrogens is 522 g/mol. The van der Waals surface area contributed by atoms with E-state index in [-0.39, 0.29) is 24.8 Å². The van der Waals surface area contributed by atoms with E-state index in [1.165, 1.54) is 4.90 Å². The number of rotatable bonds is 6. The van der Waals surface area contributed by atoms with E-state index in [0.717, 1.165) is 22.0 Å². The lowest BCUT2D eigenvalue weighted by Gasteiger charge is -2.46. The van der Waals surface area contributed by atoms with Crippen LogP contribution in [0.4, 0.5) is 15.3 Å². The number of nitrogens with one attached hydrogen (secondary N) is 3. The van der Waals surface area contributed by atoms with Crippen LogP contribution in [-0.2, 0) is 20.7 Å². The van der Waals surface area contributed by atoms with Gasteiger partial charge in [-0.1, -0.05) is 35.9 Å². The number of aryl methyl sites for hydroxylation is 1. The van der Waals surface area contributed by atoms with Crippen molar-refractivity contribution in [2.45, 2.75) is 77.1 Å². The zero-order valence-corrected chi connectivity index (χ0v) is 23.9. The average molecular weight is 560 g/mol. The van der Waals surface area contributed by atoms with Crippen LogP contribution in [-0.4, -0.2) is 64.1 Å². The summed E-state index contributed by atoms with van der Waals surface area (Å²) in [5, 5.41) is 6.77. The van der Waals surface area contributed by atoms with E-state index in [1.807, 2.05) is 49.5 Å². The van der Waals surface area contributed by atoms with Crippen molar-refractivity contribution in [3.63, 3.8) is 0 Å². The lowest BCUT2D eigenvalue weighted by Crippen LogP contribution is -2.66. The Morgan fingerprint density at radius 1 is 1.10 bits per heavy atom. The van der Waals surface area contributed by atoms with Crippen LogP contribution in [0.25, 0.3) is 10.9 Å². The number of hydrogen-bond acceptors (Lipinski definition) is 5. The van der Waals surface area contributed by atoms with Gasteiger partial charge in [0.15, 0.2) is 0 Å². The number of nitrogens with zero attached hydrogens (tertiary/aromatic N) is 2. The van der Waals surface area contributed by atoms with Gasteiger partial charge in [0.05, 0.1) is 18.2 Å². The first-order valence-corrected chi connectivity index (χ1v) is 14.1. The number of alkyl carbamates (subject to hydrolysis) is 1. The number of H-pyrrole nitrogens is 1. The fourth-order valence-electron chi connectivity index (χ4n) is 5.63. The molecule has 0 unspecified atom stereocenters. The zero-order valence-electron chi connectivity index (χ0n) is 23.9. The smallest absolute Gasteiger partial charge is 0.408 e. The zero-order chi connectivity index (χ0) is 29.3. The average Bonchev–Trinajstić information content (AvgIpc) is 3.31. The number of piperidine rings is 1. The summed E-state index contributed by atoms with van der Waals surface area (Å²) in [7, 11) is 0. The number of imide groups is 1. The van der Waals surface area contributed by atoms with E-state index in [4.69, 9.17) is 4.74 Å². The number of fused-ring (bicyclic) bond motifs is 2. The topological polar surface area (TPSA) is 124 Å². The van der Waals surface area contributed by atoms with Gasteiger partial charge in [-0.2, -0.15) is 0 Å². The highest BCUT2D eigenvalue weighted by Crippen LogP contribution is 2.30. The normalized spacial score (nSPS) is 20.0. The second-order valence-corrected chi connectivity index (χ2v) is 11.8. The summed E-state index contributed by atoms with van der Waals surface area (Å²) in [4.78, 5) is 59.3. The van der Waals surface area contributed by atoms with Crippen molar-refractivity contribution >= 4 is 40.5 Å². The molecule has 2 aliphatic heterocycles. The van der Waals surface area contributed by atoms with E-state index in [0.29, 0.717) is 25.1 Å². The number of ether oxygens (including phenoxy) is 1. The minimum absolute atomic E-state index is 0.0944. The Hall–Kier alpha value is -4.34. The van der Waals surface area contributed by atoms with Crippen LogP contribution < -0.4 is 15.5 Å². The third-order valence-corrected chi connectivity index (χ3v) is 7.58. The van der Waals surface area contributed by atoms with Crippen LogP contribution in [0.15, 0.2) is 54.7 Å². The summed E-state index contributed by atoms with van der Waals surface area (Å²) in [5.74, 6) is -0.697. The molecule has 10 heteroatoms. The summed E-state index contributed by atoms with van der Waals surface area (Å²) in [6.07, 6.45) is 2.76. The van der Waals surface area contributed by atoms with Crippen LogP contribution in [0, 0.1) is 6.92 Å². The highest BCUT2D eigenvalue weighted by Gasteiger charge is 2.45. The van der Waals surface area contributed by atoms with Crippen molar-refractivity contribution in [2.75, 3.05) is 11.4 Å². The number of aromatic nitrogens is 1. The summed E-state index contributed by atoms with van der Waals surface area (Å²) in [5.41, 5.74) is 2.64. The fraction of sp³-hybridized carbons (Fsp3) is 0.419. The SMILES string of the molecule is Cc1ccc(N2C(=O)C[C@H]3[C@H](NC(=O)[C@H](Cc4c[nH]c5ccccc45)NC(=O)OC(C)(C)C)CCCN3C2=O)cc1. The maximum Gasteiger partial charge on any atom is 0.408 e. The molecule has 2 aromatic carbocycles. The molecule has 0 saturated carbocycles. The molecule has 0 bridgehead atoms. The molecule has 5 amide bonds. The van der Waals surface area contributed by atoms with Gasteiger partial charge in [0.2, 0.25) is 11.8 Å². The molecule has 0 radical (unpaired) electrons. The number of para-hydroxylation sites is 1. The second-order valence-electron chi connectivity index (χ2n) is 11.8. The summed E-state index contributed by atoms with van der Waals surface area (Å²) in [6, 6.07) is 12.8. The maximum absolute atomic E-state index is 13.7. The standard InChI is InChI=1S/C31H37N5O5/c1-19-11-13-21(14-12-19)36-27(37)17-26-24(10-7-15-35(26)30(36)40)33-28(38)25(34-29(39)41-31(2,3)4)16-20-18-32-23-9-6-5-8-22(20)23/h5-6,8-9,11-14,18,24-26,32H,7,10,15-17H2,1-4H3,(H,33,38)(H,34,39)/t24-,25+,26+/m1/s1. The van der Waals surface area contributed by atoms with Crippen molar-refractivity contribution in [2.24, 2.45) is 0 Å². The molecule has 2 aliphatic rings. The number of carbonyl (C=O) groups excluding carboxylic acids is 4. The van der Waals surface area contributed by atoms with Gasteiger partial charge in [-0.05, 0) is 64.3 Å². The number of benzene rings is 2. The predicted molar refractivity (Wildman–Crippen MR) is 155 cm³/mol. The van der Waals surface area contributed by atoms with Gasteiger partial charge in [0.1, 0.15) is 11.6 Å². The van der Waals surface area contributed by atoms with Crippen molar-refractivity contribution < 1.29 is 23.9 Å². The molecule has 10 nitrogen and oxygen atoms in total. The van der Waals surface area contributed by atoms with Gasteiger partial charge in [0.25, 0.3) is 0 Å². The fourth-order valence-corrected chi connectivity index (χ4v) is 5.63. The highest BCUT2D eigenvalue weighted by molar-refractivity contribution is 6.16. The molecular formula is C31H37N5O5. The molecule has 3 aromatic rings. The molecule has 41 heavy (non-hydrogen) atoms.